The number of oxazole rings is 1. The van der Waals surface area contributed by atoms with Gasteiger partial charge in [-0.2, -0.15) is 0 Å². The van der Waals surface area contributed by atoms with Gasteiger partial charge in [0.25, 0.3) is 0 Å². The highest BCUT2D eigenvalue weighted by molar-refractivity contribution is 6.31. The van der Waals surface area contributed by atoms with E-state index in [1.54, 1.807) is 24.3 Å². The molecule has 0 spiro atoms. The molecule has 0 saturated heterocycles. The van der Waals surface area contributed by atoms with Gasteiger partial charge in [0.15, 0.2) is 5.58 Å². The molecule has 0 aliphatic rings. The zero-order chi connectivity index (χ0) is 15.7. The van der Waals surface area contributed by atoms with Crippen LogP contribution in [-0.2, 0) is 11.3 Å². The van der Waals surface area contributed by atoms with Gasteiger partial charge in [0.2, 0.25) is 5.91 Å². The first-order valence-electron chi connectivity index (χ1n) is 6.38. The summed E-state index contributed by atoms with van der Waals surface area (Å²) in [5.41, 5.74) is 1.28. The van der Waals surface area contributed by atoms with Crippen LogP contribution in [0.4, 0.5) is 10.1 Å². The number of amides is 1. The molecule has 0 bridgehead atoms. The Kier molecular flexibility index (Phi) is 3.68. The highest BCUT2D eigenvalue weighted by Crippen LogP contribution is 2.19. The first-order chi connectivity index (χ1) is 10.5. The number of nitrogens with zero attached hydrogens (tertiary/aromatic N) is 1. The maximum atomic E-state index is 13.1. The lowest BCUT2D eigenvalue weighted by Gasteiger charge is -2.06. The van der Waals surface area contributed by atoms with Crippen molar-refractivity contribution in [1.82, 2.24) is 4.57 Å². The van der Waals surface area contributed by atoms with E-state index in [2.05, 4.69) is 5.32 Å². The van der Waals surface area contributed by atoms with E-state index in [-0.39, 0.29) is 11.6 Å². The van der Waals surface area contributed by atoms with Crippen LogP contribution >= 0.6 is 11.6 Å². The van der Waals surface area contributed by atoms with Gasteiger partial charge in [0, 0.05) is 5.69 Å². The lowest BCUT2D eigenvalue weighted by atomic mass is 10.3. The van der Waals surface area contributed by atoms with Crippen molar-refractivity contribution in [1.29, 1.82) is 0 Å². The summed E-state index contributed by atoms with van der Waals surface area (Å²) in [4.78, 5) is 23.8. The summed E-state index contributed by atoms with van der Waals surface area (Å²) in [6.45, 7) is -0.217. The zero-order valence-corrected chi connectivity index (χ0v) is 11.9. The molecule has 1 heterocycles. The Morgan fingerprint density at radius 3 is 2.82 bits per heavy atom. The maximum Gasteiger partial charge on any atom is 0.420 e. The Morgan fingerprint density at radius 1 is 1.27 bits per heavy atom. The minimum absolute atomic E-state index is 0.0938. The van der Waals surface area contributed by atoms with E-state index in [1.165, 1.54) is 16.7 Å². The summed E-state index contributed by atoms with van der Waals surface area (Å²) in [6.07, 6.45) is 0. The number of benzene rings is 2. The molecular weight excluding hydrogens is 311 g/mol. The SMILES string of the molecule is O=C(Cn1c(=O)oc2ccccc21)Nc1ccc(F)c(Cl)c1. The Hall–Kier alpha value is -2.60. The molecule has 1 aromatic heterocycles. The minimum atomic E-state index is -0.617. The number of carbonyl (C=O) groups is 1. The minimum Gasteiger partial charge on any atom is -0.408 e. The molecule has 1 amide bonds. The summed E-state index contributed by atoms with van der Waals surface area (Å²) in [7, 11) is 0. The standard InChI is InChI=1S/C15H10ClFN2O3/c16-10-7-9(5-6-11(10)17)18-14(20)8-19-12-3-1-2-4-13(12)22-15(19)21/h1-7H,8H2,(H,18,20). The number of anilines is 1. The fourth-order valence-electron chi connectivity index (χ4n) is 2.08. The molecule has 0 radical (unpaired) electrons. The van der Waals surface area contributed by atoms with Gasteiger partial charge in [-0.05, 0) is 30.3 Å². The van der Waals surface area contributed by atoms with Gasteiger partial charge < -0.3 is 9.73 Å². The van der Waals surface area contributed by atoms with Gasteiger partial charge in [-0.1, -0.05) is 23.7 Å². The summed E-state index contributed by atoms with van der Waals surface area (Å²) in [5.74, 6) is -1.64. The first-order valence-corrected chi connectivity index (χ1v) is 6.75. The molecule has 0 aliphatic carbocycles. The van der Waals surface area contributed by atoms with Crippen LogP contribution in [0.1, 0.15) is 0 Å². The average molecular weight is 321 g/mol. The van der Waals surface area contributed by atoms with Crippen molar-refractivity contribution in [2.24, 2.45) is 0 Å². The molecule has 0 saturated carbocycles. The number of aromatic nitrogens is 1. The maximum absolute atomic E-state index is 13.1. The van der Waals surface area contributed by atoms with Crippen molar-refractivity contribution in [3.63, 3.8) is 0 Å². The molecule has 0 unspecified atom stereocenters. The molecule has 2 aromatic carbocycles. The van der Waals surface area contributed by atoms with E-state index in [0.29, 0.717) is 16.8 Å². The number of fused-ring (bicyclic) bond motifs is 1. The second-order valence-electron chi connectivity index (χ2n) is 4.60. The number of carbonyl (C=O) groups excluding carboxylic acids is 1. The molecular formula is C15H10ClFN2O3. The summed E-state index contributed by atoms with van der Waals surface area (Å²) in [5, 5.41) is 2.45. The van der Waals surface area contributed by atoms with Crippen LogP contribution in [0.3, 0.4) is 0 Å². The molecule has 3 rings (SSSR count). The number of nitrogens with one attached hydrogen (secondary N) is 1. The predicted octanol–water partition coefficient (Wildman–Crippen LogP) is 3.03. The van der Waals surface area contributed by atoms with Crippen molar-refractivity contribution in [2.75, 3.05) is 5.32 Å². The predicted molar refractivity (Wildman–Crippen MR) is 80.5 cm³/mol. The quantitative estimate of drug-likeness (QED) is 0.806. The molecule has 0 atom stereocenters. The zero-order valence-electron chi connectivity index (χ0n) is 11.2. The highest BCUT2D eigenvalue weighted by Gasteiger charge is 2.12. The van der Waals surface area contributed by atoms with E-state index < -0.39 is 17.5 Å². The third-order valence-electron chi connectivity index (χ3n) is 3.08. The Bertz CT molecular complexity index is 917. The van der Waals surface area contributed by atoms with Crippen molar-refractivity contribution >= 4 is 34.3 Å². The van der Waals surface area contributed by atoms with E-state index in [4.69, 9.17) is 16.0 Å². The van der Waals surface area contributed by atoms with Crippen LogP contribution in [0.2, 0.25) is 5.02 Å². The molecule has 0 aliphatic heterocycles. The van der Waals surface area contributed by atoms with E-state index in [9.17, 15) is 14.0 Å². The number of hydrogen-bond acceptors (Lipinski definition) is 3. The fraction of sp³-hybridized carbons (Fsp3) is 0.0667. The molecule has 112 valence electrons. The van der Waals surface area contributed by atoms with Crippen LogP contribution in [0, 0.1) is 5.82 Å². The molecule has 0 fully saturated rings. The molecule has 7 heteroatoms. The van der Waals surface area contributed by atoms with Crippen LogP contribution in [0.15, 0.2) is 51.7 Å². The summed E-state index contributed by atoms with van der Waals surface area (Å²) < 4.78 is 19.3. The number of rotatable bonds is 3. The summed E-state index contributed by atoms with van der Waals surface area (Å²) in [6, 6.07) is 10.6. The molecule has 5 nitrogen and oxygen atoms in total. The van der Waals surface area contributed by atoms with Gasteiger partial charge in [-0.3, -0.25) is 9.36 Å². The third kappa shape index (κ3) is 2.73. The molecule has 22 heavy (non-hydrogen) atoms. The van der Waals surface area contributed by atoms with E-state index >= 15 is 0 Å². The average Bonchev–Trinajstić information content (AvgIpc) is 2.79. The van der Waals surface area contributed by atoms with Crippen LogP contribution in [-0.4, -0.2) is 10.5 Å². The number of para-hydroxylation sites is 2. The molecule has 3 aromatic rings. The van der Waals surface area contributed by atoms with Crippen molar-refractivity contribution in [3.05, 3.63) is 63.9 Å². The number of halogens is 2. The van der Waals surface area contributed by atoms with Crippen LogP contribution < -0.4 is 11.1 Å². The number of hydrogen-bond donors (Lipinski definition) is 1. The Labute approximate surface area is 128 Å². The summed E-state index contributed by atoms with van der Waals surface area (Å²) >= 11 is 5.65. The molecule has 1 N–H and O–H groups in total. The normalized spacial score (nSPS) is 10.8. The fourth-order valence-corrected chi connectivity index (χ4v) is 2.26. The monoisotopic (exact) mass is 320 g/mol. The second-order valence-corrected chi connectivity index (χ2v) is 5.01. The van der Waals surface area contributed by atoms with Gasteiger partial charge in [0.05, 0.1) is 10.5 Å². The van der Waals surface area contributed by atoms with Crippen molar-refractivity contribution in [3.8, 4) is 0 Å². The van der Waals surface area contributed by atoms with Gasteiger partial charge in [0.1, 0.15) is 12.4 Å². The van der Waals surface area contributed by atoms with Crippen LogP contribution in [0.25, 0.3) is 11.1 Å². The highest BCUT2D eigenvalue weighted by atomic mass is 35.5. The van der Waals surface area contributed by atoms with Gasteiger partial charge in [-0.25, -0.2) is 9.18 Å². The largest absolute Gasteiger partial charge is 0.420 e. The lowest BCUT2D eigenvalue weighted by molar-refractivity contribution is -0.116. The smallest absolute Gasteiger partial charge is 0.408 e. The van der Waals surface area contributed by atoms with Crippen molar-refractivity contribution < 1.29 is 13.6 Å². The van der Waals surface area contributed by atoms with Crippen molar-refractivity contribution in [2.45, 2.75) is 6.54 Å². The van der Waals surface area contributed by atoms with Gasteiger partial charge >= 0.3 is 5.76 Å². The van der Waals surface area contributed by atoms with E-state index in [0.717, 1.165) is 6.07 Å². The van der Waals surface area contributed by atoms with E-state index in [1.807, 2.05) is 0 Å². The van der Waals surface area contributed by atoms with Crippen LogP contribution in [0.5, 0.6) is 0 Å². The van der Waals surface area contributed by atoms with Gasteiger partial charge in [-0.15, -0.1) is 0 Å². The Balaban J connectivity index is 1.82. The Morgan fingerprint density at radius 2 is 2.05 bits per heavy atom. The topological polar surface area (TPSA) is 64.2 Å². The third-order valence-corrected chi connectivity index (χ3v) is 3.37. The first kappa shape index (κ1) is 14.3. The second kappa shape index (κ2) is 5.65. The lowest BCUT2D eigenvalue weighted by Crippen LogP contribution is -2.24.